The second kappa shape index (κ2) is 8.58. The summed E-state index contributed by atoms with van der Waals surface area (Å²) in [5, 5.41) is 0. The van der Waals surface area contributed by atoms with Gasteiger partial charge in [0.25, 0.3) is 0 Å². The van der Waals surface area contributed by atoms with Gasteiger partial charge in [-0.15, -0.1) is 0 Å². The van der Waals surface area contributed by atoms with Gasteiger partial charge in [-0.1, -0.05) is 0 Å². The summed E-state index contributed by atoms with van der Waals surface area (Å²) in [5.74, 6) is 0.973. The second-order valence-electron chi connectivity index (χ2n) is 5.81. The molecule has 2 heterocycles. The Balaban J connectivity index is 1.81. The predicted molar refractivity (Wildman–Crippen MR) is 94.1 cm³/mol. The number of nitrogens with zero attached hydrogens (tertiary/aromatic N) is 2. The zero-order valence-corrected chi connectivity index (χ0v) is 14.2. The number of hydrogen-bond acceptors (Lipinski definition) is 7. The highest BCUT2D eigenvalue weighted by molar-refractivity contribution is 5.34. The summed E-state index contributed by atoms with van der Waals surface area (Å²) in [6.45, 7) is 5.35. The molecule has 0 aliphatic carbocycles. The number of aromatic nitrogens is 2. The number of nitrogens with two attached hydrogens (primary N) is 3. The fourth-order valence-corrected chi connectivity index (χ4v) is 2.37. The van der Waals surface area contributed by atoms with Gasteiger partial charge in [0.1, 0.15) is 11.6 Å². The Morgan fingerprint density at radius 2 is 1.46 bits per heavy atom. The summed E-state index contributed by atoms with van der Waals surface area (Å²) < 4.78 is 11.4. The molecule has 0 aromatic carbocycles. The van der Waals surface area contributed by atoms with Crippen LogP contribution in [0.5, 0.6) is 0 Å². The average molecular weight is 331 g/mol. The topological polar surface area (TPSA) is 122 Å². The van der Waals surface area contributed by atoms with E-state index in [2.05, 4.69) is 9.97 Å². The molecule has 0 saturated carbocycles. The molecule has 0 amide bonds. The largest absolute Gasteiger partial charge is 0.384 e. The molecule has 0 bridgehead atoms. The summed E-state index contributed by atoms with van der Waals surface area (Å²) in [6.07, 6.45) is -0.226. The van der Waals surface area contributed by atoms with Crippen LogP contribution in [0.2, 0.25) is 0 Å². The third-order valence-electron chi connectivity index (χ3n) is 3.37. The smallest absolute Gasteiger partial charge is 0.123 e. The SMILES string of the molecule is Cc1cc(N)nc(COC[C@H](CN)OCc2cc(C)cc(N)n2)c1. The van der Waals surface area contributed by atoms with Crippen LogP contribution >= 0.6 is 0 Å². The maximum absolute atomic E-state index is 5.76. The van der Waals surface area contributed by atoms with Gasteiger partial charge in [-0.3, -0.25) is 0 Å². The molecule has 2 aromatic heterocycles. The normalized spacial score (nSPS) is 12.3. The van der Waals surface area contributed by atoms with Crippen LogP contribution in [0.4, 0.5) is 11.6 Å². The third kappa shape index (κ3) is 5.77. The number of hydrogen-bond donors (Lipinski definition) is 3. The minimum Gasteiger partial charge on any atom is -0.384 e. The van der Waals surface area contributed by atoms with Gasteiger partial charge >= 0.3 is 0 Å². The lowest BCUT2D eigenvalue weighted by molar-refractivity contribution is -0.0261. The first-order valence-electron chi connectivity index (χ1n) is 7.81. The number of nitrogen functional groups attached to an aromatic ring is 2. The zero-order valence-electron chi connectivity index (χ0n) is 14.2. The average Bonchev–Trinajstić information content (AvgIpc) is 2.48. The molecule has 1 atom stereocenters. The summed E-state index contributed by atoms with van der Waals surface area (Å²) in [7, 11) is 0. The Morgan fingerprint density at radius 3 is 1.96 bits per heavy atom. The van der Waals surface area contributed by atoms with Crippen molar-refractivity contribution >= 4 is 11.6 Å². The molecule has 0 aliphatic rings. The first-order valence-corrected chi connectivity index (χ1v) is 7.81. The van der Waals surface area contributed by atoms with Gasteiger partial charge in [0.15, 0.2) is 0 Å². The van der Waals surface area contributed by atoms with Gasteiger partial charge in [0.05, 0.1) is 37.3 Å². The van der Waals surface area contributed by atoms with Crippen molar-refractivity contribution < 1.29 is 9.47 Å². The maximum atomic E-state index is 5.76. The lowest BCUT2D eigenvalue weighted by atomic mass is 10.2. The highest BCUT2D eigenvalue weighted by Gasteiger charge is 2.09. The number of anilines is 2. The van der Waals surface area contributed by atoms with Crippen LogP contribution in [0.15, 0.2) is 24.3 Å². The van der Waals surface area contributed by atoms with Gasteiger partial charge in [0.2, 0.25) is 0 Å². The predicted octanol–water partition coefficient (Wildman–Crippen LogP) is 1.32. The van der Waals surface area contributed by atoms with Crippen molar-refractivity contribution in [3.8, 4) is 0 Å². The number of pyridine rings is 2. The highest BCUT2D eigenvalue weighted by atomic mass is 16.5. The summed E-state index contributed by atoms with van der Waals surface area (Å²) in [4.78, 5) is 8.46. The number of ether oxygens (including phenoxy) is 2. The Labute approximate surface area is 142 Å². The molecule has 0 unspecified atom stereocenters. The van der Waals surface area contributed by atoms with Crippen LogP contribution < -0.4 is 17.2 Å². The van der Waals surface area contributed by atoms with E-state index in [1.54, 1.807) is 0 Å². The van der Waals surface area contributed by atoms with Crippen molar-refractivity contribution in [1.82, 2.24) is 9.97 Å². The minimum absolute atomic E-state index is 0.226. The fourth-order valence-electron chi connectivity index (χ4n) is 2.37. The van der Waals surface area contributed by atoms with Gasteiger partial charge in [0, 0.05) is 6.54 Å². The van der Waals surface area contributed by atoms with E-state index < -0.39 is 0 Å². The Morgan fingerprint density at radius 1 is 0.917 bits per heavy atom. The van der Waals surface area contributed by atoms with Crippen LogP contribution in [0.3, 0.4) is 0 Å². The summed E-state index contributed by atoms with van der Waals surface area (Å²) in [5.41, 5.74) is 20.9. The highest BCUT2D eigenvalue weighted by Crippen LogP contribution is 2.10. The van der Waals surface area contributed by atoms with Crippen molar-refractivity contribution in [3.05, 3.63) is 46.8 Å². The molecule has 24 heavy (non-hydrogen) atoms. The fraction of sp³-hybridized carbons (Fsp3) is 0.412. The summed E-state index contributed by atoms with van der Waals surface area (Å²) >= 11 is 0. The summed E-state index contributed by atoms with van der Waals surface area (Å²) in [6, 6.07) is 7.50. The molecule has 130 valence electrons. The van der Waals surface area contributed by atoms with Crippen molar-refractivity contribution in [2.24, 2.45) is 5.73 Å². The number of rotatable bonds is 8. The minimum atomic E-state index is -0.226. The van der Waals surface area contributed by atoms with Crippen molar-refractivity contribution in [2.45, 2.75) is 33.2 Å². The van der Waals surface area contributed by atoms with Gasteiger partial charge in [-0.2, -0.15) is 0 Å². The molecule has 7 heteroatoms. The third-order valence-corrected chi connectivity index (χ3v) is 3.37. The van der Waals surface area contributed by atoms with E-state index in [0.29, 0.717) is 38.0 Å². The first-order chi connectivity index (χ1) is 11.5. The molecule has 2 rings (SSSR count). The molecule has 2 aromatic rings. The number of aryl methyl sites for hydroxylation is 2. The molecule has 0 saturated heterocycles. The molecule has 0 fully saturated rings. The zero-order chi connectivity index (χ0) is 17.5. The molecule has 0 aliphatic heterocycles. The van der Waals surface area contributed by atoms with E-state index in [9.17, 15) is 0 Å². The van der Waals surface area contributed by atoms with Gasteiger partial charge in [-0.25, -0.2) is 9.97 Å². The van der Waals surface area contributed by atoms with Crippen molar-refractivity contribution in [3.63, 3.8) is 0 Å². The van der Waals surface area contributed by atoms with Crippen LogP contribution in [0, 0.1) is 13.8 Å². The van der Waals surface area contributed by atoms with E-state index in [0.717, 1.165) is 22.5 Å². The molecular formula is C17H25N5O2. The Hall–Kier alpha value is -2.22. The molecule has 0 spiro atoms. The monoisotopic (exact) mass is 331 g/mol. The van der Waals surface area contributed by atoms with Gasteiger partial charge < -0.3 is 26.7 Å². The molecule has 6 N–H and O–H groups in total. The molecule has 0 radical (unpaired) electrons. The van der Waals surface area contributed by atoms with Crippen LogP contribution in [-0.2, 0) is 22.7 Å². The molecular weight excluding hydrogens is 306 g/mol. The van der Waals surface area contributed by atoms with Gasteiger partial charge in [-0.05, 0) is 49.2 Å². The van der Waals surface area contributed by atoms with Crippen LogP contribution in [0.1, 0.15) is 22.5 Å². The van der Waals surface area contributed by atoms with E-state index >= 15 is 0 Å². The maximum Gasteiger partial charge on any atom is 0.123 e. The Bertz CT molecular complexity index is 638. The van der Waals surface area contributed by atoms with E-state index in [-0.39, 0.29) is 6.10 Å². The quantitative estimate of drug-likeness (QED) is 0.666. The van der Waals surface area contributed by atoms with Crippen molar-refractivity contribution in [1.29, 1.82) is 0 Å². The van der Waals surface area contributed by atoms with E-state index in [1.165, 1.54) is 0 Å². The first kappa shape index (κ1) is 18.1. The van der Waals surface area contributed by atoms with E-state index in [4.69, 9.17) is 26.7 Å². The van der Waals surface area contributed by atoms with Crippen LogP contribution in [0.25, 0.3) is 0 Å². The van der Waals surface area contributed by atoms with Crippen LogP contribution in [-0.4, -0.2) is 29.2 Å². The molecule has 7 nitrogen and oxygen atoms in total. The lowest BCUT2D eigenvalue weighted by Gasteiger charge is -2.16. The Kier molecular flexibility index (Phi) is 6.48. The standard InChI is InChI=1S/C17H25N5O2/c1-11-3-13(21-16(19)5-11)8-23-10-15(7-18)24-9-14-4-12(2)6-17(20)22-14/h3-6,15H,7-10,18H2,1-2H3,(H2,19,21)(H2,20,22)/t15-/m0/s1. The lowest BCUT2D eigenvalue weighted by Crippen LogP contribution is -2.29. The van der Waals surface area contributed by atoms with Crippen molar-refractivity contribution in [2.75, 3.05) is 24.6 Å². The van der Waals surface area contributed by atoms with E-state index in [1.807, 2.05) is 38.1 Å². The second-order valence-corrected chi connectivity index (χ2v) is 5.81.